The quantitative estimate of drug-likeness (QED) is 0.482. The zero-order valence-corrected chi connectivity index (χ0v) is 15.2. The van der Waals surface area contributed by atoms with Gasteiger partial charge >= 0.3 is 0 Å². The van der Waals surface area contributed by atoms with E-state index in [4.69, 9.17) is 0 Å². The third-order valence-electron chi connectivity index (χ3n) is 4.57. The lowest BCUT2D eigenvalue weighted by Crippen LogP contribution is -2.27. The lowest BCUT2D eigenvalue weighted by molar-refractivity contribution is 0.0957. The normalized spacial score (nSPS) is 25.2. The van der Waals surface area contributed by atoms with E-state index in [-0.39, 0.29) is 23.4 Å². The minimum Gasteiger partial charge on any atom is -0.493 e. The molecule has 1 saturated carbocycles. The van der Waals surface area contributed by atoms with Gasteiger partial charge in [0.05, 0.1) is 5.70 Å². The lowest BCUT2D eigenvalue weighted by Gasteiger charge is -2.19. The summed E-state index contributed by atoms with van der Waals surface area (Å²) in [7, 11) is -8.07. The second-order valence-corrected chi connectivity index (χ2v) is 9.13. The third-order valence-corrected chi connectivity index (χ3v) is 7.02. The van der Waals surface area contributed by atoms with Gasteiger partial charge in [-0.25, -0.2) is 4.68 Å². The van der Waals surface area contributed by atoms with E-state index in [9.17, 15) is 35.8 Å². The van der Waals surface area contributed by atoms with Crippen molar-refractivity contribution < 1.29 is 35.8 Å². The molecule has 1 fully saturated rings. The second-order valence-electron chi connectivity index (χ2n) is 6.03. The van der Waals surface area contributed by atoms with Crippen LogP contribution in [0, 0.1) is 12.8 Å². The van der Waals surface area contributed by atoms with Crippen LogP contribution in [0.4, 0.5) is 0 Å². The van der Waals surface area contributed by atoms with Crippen molar-refractivity contribution in [2.24, 2.45) is 5.92 Å². The van der Waals surface area contributed by atoms with E-state index in [1.165, 1.54) is 14.0 Å². The first-order valence-electron chi connectivity index (χ1n) is 7.24. The van der Waals surface area contributed by atoms with E-state index < -0.39 is 47.6 Å². The summed E-state index contributed by atoms with van der Waals surface area (Å²) in [5, 5.41) is 16.5. The summed E-state index contributed by atoms with van der Waals surface area (Å²) in [4.78, 5) is 11.2. The van der Waals surface area contributed by atoms with E-state index in [1.54, 1.807) is 0 Å². The van der Waals surface area contributed by atoms with Gasteiger partial charge in [-0.1, -0.05) is 6.08 Å². The fourth-order valence-corrected chi connectivity index (χ4v) is 4.90. The molecule has 0 bridgehead atoms. The summed E-state index contributed by atoms with van der Waals surface area (Å²) in [6.45, 7) is 1.36. The van der Waals surface area contributed by atoms with E-state index in [0.717, 1.165) is 12.2 Å². The Morgan fingerprint density at radius 1 is 1.35 bits per heavy atom. The van der Waals surface area contributed by atoms with Crippen LogP contribution in [0.25, 0.3) is 5.70 Å². The maximum absolute atomic E-state index is 11.8. The van der Waals surface area contributed by atoms with Crippen LogP contribution in [0.1, 0.15) is 22.5 Å². The number of hydrogen-bond donors (Lipinski definition) is 4. The van der Waals surface area contributed by atoms with Gasteiger partial charge in [-0.05, 0) is 19.4 Å². The topological polar surface area (TPSA) is 176 Å². The first kappa shape index (κ1) is 18.6. The smallest absolute Gasteiger partial charge is 0.296 e. The minimum atomic E-state index is -4.80. The Balaban J connectivity index is 2.29. The van der Waals surface area contributed by atoms with Gasteiger partial charge in [0.1, 0.15) is 9.65 Å². The molecule has 1 aromatic heterocycles. The first-order chi connectivity index (χ1) is 11.8. The number of carbonyl (C=O) groups is 1. The van der Waals surface area contributed by atoms with Gasteiger partial charge in [-0.3, -0.25) is 13.9 Å². The van der Waals surface area contributed by atoms with E-state index in [1.807, 2.05) is 0 Å². The predicted octanol–water partition coefficient (Wildman–Crippen LogP) is -0.471. The molecule has 4 N–H and O–H groups in total. The van der Waals surface area contributed by atoms with Crippen LogP contribution < -0.4 is 5.32 Å². The van der Waals surface area contributed by atoms with Crippen LogP contribution in [0.5, 0.6) is 5.88 Å². The van der Waals surface area contributed by atoms with Crippen LogP contribution in [-0.2, 0) is 20.2 Å². The standard InChI is InChI=1S/C13H15N3O8S2/c1-6-9(11(17)14-2)15-16(12(6)18)10-7-5-13(7,26(22,23)24)4-3-8(10)25(19,20)21/h3-4,7,18H,5H2,1-2H3,(H,14,17)(H,19,20,21)(H,22,23,24). The average molecular weight is 405 g/mol. The second kappa shape index (κ2) is 5.39. The van der Waals surface area contributed by atoms with Gasteiger partial charge in [-0.15, -0.1) is 0 Å². The van der Waals surface area contributed by atoms with Crippen molar-refractivity contribution in [3.8, 4) is 5.88 Å². The Kier molecular flexibility index (Phi) is 3.85. The Bertz CT molecular complexity index is 1100. The number of nitrogens with zero attached hydrogens (tertiary/aromatic N) is 2. The van der Waals surface area contributed by atoms with Crippen molar-refractivity contribution in [1.29, 1.82) is 0 Å². The fraction of sp³-hybridized carbons (Fsp3) is 0.385. The number of aromatic hydroxyl groups is 1. The number of nitrogens with one attached hydrogen (secondary N) is 1. The number of hydrogen-bond acceptors (Lipinski definition) is 7. The minimum absolute atomic E-state index is 0.0270. The largest absolute Gasteiger partial charge is 0.493 e. The van der Waals surface area contributed by atoms with Crippen molar-refractivity contribution in [3.05, 3.63) is 28.3 Å². The number of allylic oxidation sites excluding steroid dienone is 2. The molecule has 13 heteroatoms. The molecule has 0 saturated heterocycles. The van der Waals surface area contributed by atoms with Crippen molar-refractivity contribution in [2.75, 3.05) is 7.05 Å². The van der Waals surface area contributed by atoms with Gasteiger partial charge in [-0.2, -0.15) is 21.9 Å². The Morgan fingerprint density at radius 2 is 1.96 bits per heavy atom. The van der Waals surface area contributed by atoms with Crippen LogP contribution >= 0.6 is 0 Å². The maximum atomic E-state index is 11.8. The van der Waals surface area contributed by atoms with Gasteiger partial charge < -0.3 is 10.4 Å². The Hall–Kier alpha value is -2.22. The SMILES string of the molecule is CNC(=O)c1nn(C2=C(S(=O)(=O)O)C=CC3(S(=O)(=O)O)CC23)c(O)c1C. The predicted molar refractivity (Wildman–Crippen MR) is 88.3 cm³/mol. The Morgan fingerprint density at radius 3 is 2.46 bits per heavy atom. The highest BCUT2D eigenvalue weighted by molar-refractivity contribution is 7.90. The molecule has 0 aliphatic heterocycles. The molecule has 0 spiro atoms. The van der Waals surface area contributed by atoms with Crippen LogP contribution in [0.2, 0.25) is 0 Å². The summed E-state index contributed by atoms with van der Waals surface area (Å²) in [5.74, 6) is -2.33. The average Bonchev–Trinajstić information content (AvgIpc) is 3.22. The molecule has 26 heavy (non-hydrogen) atoms. The molecule has 0 aromatic carbocycles. The van der Waals surface area contributed by atoms with E-state index in [2.05, 4.69) is 10.4 Å². The maximum Gasteiger partial charge on any atom is 0.296 e. The molecule has 3 rings (SSSR count). The van der Waals surface area contributed by atoms with Crippen molar-refractivity contribution in [3.63, 3.8) is 0 Å². The van der Waals surface area contributed by atoms with E-state index in [0.29, 0.717) is 4.68 Å². The van der Waals surface area contributed by atoms with Crippen LogP contribution in [0.15, 0.2) is 17.1 Å². The zero-order valence-electron chi connectivity index (χ0n) is 13.5. The number of aromatic nitrogens is 2. The summed E-state index contributed by atoms with van der Waals surface area (Å²) < 4.78 is 64.7. The molecule has 1 aromatic rings. The molecule has 2 unspecified atom stereocenters. The highest BCUT2D eigenvalue weighted by atomic mass is 32.2. The van der Waals surface area contributed by atoms with Crippen LogP contribution in [0.3, 0.4) is 0 Å². The molecule has 2 aliphatic rings. The number of amides is 1. The molecule has 1 heterocycles. The van der Waals surface area contributed by atoms with Gasteiger partial charge in [0, 0.05) is 18.5 Å². The molecule has 1 amide bonds. The number of fused-ring (bicyclic) bond motifs is 1. The third kappa shape index (κ3) is 2.46. The summed E-state index contributed by atoms with van der Waals surface area (Å²) in [5.41, 5.74) is -0.526. The number of carbonyl (C=O) groups excluding carboxylic acids is 1. The summed E-state index contributed by atoms with van der Waals surface area (Å²) >= 11 is 0. The lowest BCUT2D eigenvalue weighted by atomic mass is 10.1. The van der Waals surface area contributed by atoms with Gasteiger partial charge in [0.2, 0.25) is 5.88 Å². The Labute approximate surface area is 148 Å². The summed E-state index contributed by atoms with van der Waals surface area (Å²) in [6, 6.07) is 0. The molecular formula is C13H15N3O8S2. The molecule has 2 aliphatic carbocycles. The number of rotatable bonds is 4. The van der Waals surface area contributed by atoms with Crippen molar-refractivity contribution in [1.82, 2.24) is 15.1 Å². The van der Waals surface area contributed by atoms with Crippen molar-refractivity contribution >= 4 is 31.8 Å². The fourth-order valence-electron chi connectivity index (χ4n) is 3.08. The van der Waals surface area contributed by atoms with Gasteiger partial charge in [0.25, 0.3) is 26.1 Å². The first-order valence-corrected chi connectivity index (χ1v) is 10.1. The highest BCUT2D eigenvalue weighted by Gasteiger charge is 2.66. The molecule has 142 valence electrons. The van der Waals surface area contributed by atoms with Crippen molar-refractivity contribution in [2.45, 2.75) is 18.1 Å². The molecule has 2 atom stereocenters. The monoisotopic (exact) mass is 405 g/mol. The molecule has 0 radical (unpaired) electrons. The van der Waals surface area contributed by atoms with Crippen LogP contribution in [-0.4, -0.2) is 58.5 Å². The molecule has 11 nitrogen and oxygen atoms in total. The summed E-state index contributed by atoms with van der Waals surface area (Å²) in [6.07, 6.45) is 1.63. The van der Waals surface area contributed by atoms with E-state index >= 15 is 0 Å². The molecular weight excluding hydrogens is 390 g/mol. The van der Waals surface area contributed by atoms with Gasteiger partial charge in [0.15, 0.2) is 5.69 Å². The zero-order chi connectivity index (χ0) is 19.7. The highest BCUT2D eigenvalue weighted by Crippen LogP contribution is 2.60.